The van der Waals surface area contributed by atoms with E-state index >= 15 is 0 Å². The summed E-state index contributed by atoms with van der Waals surface area (Å²) in [6, 6.07) is 2.88. The van der Waals surface area contributed by atoms with Crippen molar-refractivity contribution in [1.82, 2.24) is 9.29 Å². The molecule has 1 atom stereocenters. The van der Waals surface area contributed by atoms with E-state index in [2.05, 4.69) is 9.72 Å². The molecule has 1 aliphatic heterocycles. The number of nitrogens with two attached hydrogens (primary N) is 1. The molecule has 11 heteroatoms. The monoisotopic (exact) mass is 395 g/mol. The minimum absolute atomic E-state index is 0.0732. The first kappa shape index (κ1) is 19.2. The number of hydrogen-bond donors (Lipinski definition) is 1. The number of pyridine rings is 1. The van der Waals surface area contributed by atoms with E-state index in [1.165, 1.54) is 16.6 Å². The topological polar surface area (TPSA) is 94.8 Å². The highest BCUT2D eigenvalue weighted by molar-refractivity contribution is 7.86. The Kier molecular flexibility index (Phi) is 5.06. The van der Waals surface area contributed by atoms with Crippen molar-refractivity contribution in [1.29, 1.82) is 0 Å². The van der Waals surface area contributed by atoms with Gasteiger partial charge in [-0.25, -0.2) is 10.1 Å². The van der Waals surface area contributed by atoms with Crippen LogP contribution in [0.15, 0.2) is 18.3 Å². The number of nitrogens with zero attached hydrogens (tertiary/aromatic N) is 2. The summed E-state index contributed by atoms with van der Waals surface area (Å²) in [6.07, 6.45) is -0.700. The molecule has 2 aliphatic rings. The maximum absolute atomic E-state index is 12.2. The van der Waals surface area contributed by atoms with E-state index in [0.717, 1.165) is 19.3 Å². The van der Waals surface area contributed by atoms with Gasteiger partial charge in [0.05, 0.1) is 6.61 Å². The van der Waals surface area contributed by atoms with Crippen molar-refractivity contribution in [2.24, 2.45) is 16.5 Å². The van der Waals surface area contributed by atoms with E-state index in [9.17, 15) is 21.6 Å². The Morgan fingerprint density at radius 2 is 2.00 bits per heavy atom. The summed E-state index contributed by atoms with van der Waals surface area (Å²) in [5.41, 5.74) is 0.0732. The number of ether oxygens (including phenoxy) is 2. The van der Waals surface area contributed by atoms with Gasteiger partial charge in [-0.05, 0) is 36.7 Å². The predicted molar refractivity (Wildman–Crippen MR) is 85.7 cm³/mol. The number of halogens is 3. The van der Waals surface area contributed by atoms with Crippen LogP contribution in [0, 0.1) is 11.3 Å². The molecule has 1 aromatic rings. The summed E-state index contributed by atoms with van der Waals surface area (Å²) in [7, 11) is -3.64. The second-order valence-electron chi connectivity index (χ2n) is 6.75. The maximum atomic E-state index is 12.2. The van der Waals surface area contributed by atoms with Gasteiger partial charge in [-0.15, -0.1) is 0 Å². The third kappa shape index (κ3) is 4.77. The van der Waals surface area contributed by atoms with Crippen molar-refractivity contribution in [3.8, 4) is 11.6 Å². The lowest BCUT2D eigenvalue weighted by Crippen LogP contribution is -2.43. The van der Waals surface area contributed by atoms with Gasteiger partial charge in [0, 0.05) is 25.4 Å². The Labute approximate surface area is 149 Å². The lowest BCUT2D eigenvalue weighted by Gasteiger charge is -2.30. The minimum Gasteiger partial charge on any atom is -0.493 e. The van der Waals surface area contributed by atoms with Gasteiger partial charge in [0.15, 0.2) is 6.61 Å². The van der Waals surface area contributed by atoms with Crippen molar-refractivity contribution in [3.63, 3.8) is 0 Å². The highest BCUT2D eigenvalue weighted by Gasteiger charge is 2.55. The first-order chi connectivity index (χ1) is 12.1. The van der Waals surface area contributed by atoms with E-state index in [4.69, 9.17) is 9.88 Å². The molecule has 0 amide bonds. The molecule has 1 saturated carbocycles. The molecule has 1 unspecified atom stereocenters. The molecule has 146 valence electrons. The van der Waals surface area contributed by atoms with Crippen molar-refractivity contribution >= 4 is 10.2 Å². The molecule has 3 rings (SSSR count). The average Bonchev–Trinajstić information content (AvgIpc) is 3.22. The van der Waals surface area contributed by atoms with Crippen LogP contribution in [-0.2, 0) is 10.2 Å². The quantitative estimate of drug-likeness (QED) is 0.791. The van der Waals surface area contributed by atoms with Gasteiger partial charge in [0.2, 0.25) is 5.88 Å². The van der Waals surface area contributed by atoms with Crippen LogP contribution in [0.5, 0.6) is 11.6 Å². The number of hydrogen-bond acceptors (Lipinski definition) is 5. The highest BCUT2D eigenvalue weighted by atomic mass is 32.2. The predicted octanol–water partition coefficient (Wildman–Crippen LogP) is 1.71. The third-order valence-corrected chi connectivity index (χ3v) is 6.06. The molecule has 0 aromatic carbocycles. The van der Waals surface area contributed by atoms with Crippen LogP contribution in [-0.4, -0.2) is 50.2 Å². The molecular formula is C15H20F3N3O4S. The van der Waals surface area contributed by atoms with Gasteiger partial charge in [-0.2, -0.15) is 25.9 Å². The van der Waals surface area contributed by atoms with Crippen LogP contribution < -0.4 is 14.6 Å². The van der Waals surface area contributed by atoms with Gasteiger partial charge in [-0.1, -0.05) is 0 Å². The number of aromatic nitrogens is 1. The number of rotatable bonds is 6. The van der Waals surface area contributed by atoms with Crippen molar-refractivity contribution in [3.05, 3.63) is 18.3 Å². The molecule has 26 heavy (non-hydrogen) atoms. The van der Waals surface area contributed by atoms with Crippen LogP contribution in [0.25, 0.3) is 0 Å². The van der Waals surface area contributed by atoms with E-state index in [-0.39, 0.29) is 17.2 Å². The average molecular weight is 395 g/mol. The van der Waals surface area contributed by atoms with E-state index in [1.807, 2.05) is 0 Å². The van der Waals surface area contributed by atoms with Crippen LogP contribution >= 0.6 is 0 Å². The number of piperidine rings is 1. The zero-order chi connectivity index (χ0) is 19.0. The van der Waals surface area contributed by atoms with E-state index < -0.39 is 23.0 Å². The SMILES string of the molecule is NS(=O)(=O)N1CCC2(CC1)CC2COc1ccnc(OCC(F)(F)F)c1. The zero-order valence-corrected chi connectivity index (χ0v) is 14.7. The molecule has 0 radical (unpaired) electrons. The molecule has 1 aromatic heterocycles. The van der Waals surface area contributed by atoms with Gasteiger partial charge >= 0.3 is 6.18 Å². The van der Waals surface area contributed by atoms with Gasteiger partial charge < -0.3 is 9.47 Å². The maximum Gasteiger partial charge on any atom is 0.422 e. The second kappa shape index (κ2) is 6.86. The fourth-order valence-corrected chi connectivity index (χ4v) is 4.07. The Morgan fingerprint density at radius 1 is 1.31 bits per heavy atom. The third-order valence-electron chi connectivity index (χ3n) is 4.98. The first-order valence-corrected chi connectivity index (χ1v) is 9.64. The summed E-state index contributed by atoms with van der Waals surface area (Å²) < 4.78 is 70.8. The fraction of sp³-hybridized carbons (Fsp3) is 0.667. The molecule has 2 N–H and O–H groups in total. The molecule has 1 aliphatic carbocycles. The van der Waals surface area contributed by atoms with Gasteiger partial charge in [0.25, 0.3) is 10.2 Å². The summed E-state index contributed by atoms with van der Waals surface area (Å²) in [5.74, 6) is 0.533. The zero-order valence-electron chi connectivity index (χ0n) is 13.9. The minimum atomic E-state index is -4.43. The molecule has 1 saturated heterocycles. The van der Waals surface area contributed by atoms with Crippen molar-refractivity contribution in [2.45, 2.75) is 25.4 Å². The largest absolute Gasteiger partial charge is 0.493 e. The fourth-order valence-electron chi connectivity index (χ4n) is 3.38. The van der Waals surface area contributed by atoms with Crippen LogP contribution in [0.2, 0.25) is 0 Å². The van der Waals surface area contributed by atoms with Crippen LogP contribution in [0.4, 0.5) is 13.2 Å². The lowest BCUT2D eigenvalue weighted by atomic mass is 9.92. The Morgan fingerprint density at radius 3 is 2.62 bits per heavy atom. The molecule has 2 fully saturated rings. The van der Waals surface area contributed by atoms with Crippen LogP contribution in [0.1, 0.15) is 19.3 Å². The van der Waals surface area contributed by atoms with Crippen LogP contribution in [0.3, 0.4) is 0 Å². The molecule has 1 spiro atoms. The Balaban J connectivity index is 1.48. The molecule has 0 bridgehead atoms. The Hall–Kier alpha value is -1.59. The summed E-state index contributed by atoms with van der Waals surface area (Å²) in [4.78, 5) is 3.72. The Bertz CT molecular complexity index is 749. The van der Waals surface area contributed by atoms with Crippen molar-refractivity contribution < 1.29 is 31.1 Å². The smallest absolute Gasteiger partial charge is 0.422 e. The first-order valence-electron chi connectivity index (χ1n) is 8.14. The van der Waals surface area contributed by atoms with E-state index in [0.29, 0.717) is 25.4 Å². The summed E-state index contributed by atoms with van der Waals surface area (Å²) >= 11 is 0. The molecule has 2 heterocycles. The number of alkyl halides is 3. The normalized spacial score (nSPS) is 23.0. The summed E-state index contributed by atoms with van der Waals surface area (Å²) in [5, 5.41) is 5.14. The molecular weight excluding hydrogens is 375 g/mol. The van der Waals surface area contributed by atoms with Gasteiger partial charge in [-0.3, -0.25) is 0 Å². The van der Waals surface area contributed by atoms with Gasteiger partial charge in [0.1, 0.15) is 5.75 Å². The summed E-state index contributed by atoms with van der Waals surface area (Å²) in [6.45, 7) is -0.187. The standard InChI is InChI=1S/C15H20F3N3O4S/c16-15(17,18)10-25-13-7-12(1-4-20-13)24-9-11-8-14(11)2-5-21(6-3-14)26(19,22)23/h1,4,7,11H,2-3,5-6,8-10H2,(H2,19,22,23). The van der Waals surface area contributed by atoms with Crippen molar-refractivity contribution in [2.75, 3.05) is 26.3 Å². The lowest BCUT2D eigenvalue weighted by molar-refractivity contribution is -0.154. The molecule has 7 nitrogen and oxygen atoms in total. The highest BCUT2D eigenvalue weighted by Crippen LogP contribution is 2.59. The van der Waals surface area contributed by atoms with E-state index in [1.54, 1.807) is 6.07 Å². The second-order valence-corrected chi connectivity index (χ2v) is 8.30.